The number of rotatable bonds is 4. The van der Waals surface area contributed by atoms with E-state index in [1.54, 1.807) is 34.9 Å². The summed E-state index contributed by atoms with van der Waals surface area (Å²) in [6, 6.07) is 7.46. The molecule has 0 fully saturated rings. The monoisotopic (exact) mass is 409 g/mol. The number of halogens is 2. The van der Waals surface area contributed by atoms with Crippen LogP contribution >= 0.6 is 39.3 Å². The fourth-order valence-corrected chi connectivity index (χ4v) is 3.61. The number of hydrogen-bond donors (Lipinski definition) is 0. The van der Waals surface area contributed by atoms with E-state index in [0.29, 0.717) is 27.1 Å². The van der Waals surface area contributed by atoms with Crippen molar-refractivity contribution in [1.82, 2.24) is 14.5 Å². The number of fused-ring (bicyclic) bond motifs is 1. The van der Waals surface area contributed by atoms with Crippen molar-refractivity contribution >= 4 is 50.2 Å². The fraction of sp³-hybridized carbons (Fsp3) is 0.188. The van der Waals surface area contributed by atoms with Crippen LogP contribution in [0.2, 0.25) is 5.02 Å². The number of pyridine rings is 1. The maximum absolute atomic E-state index is 12.7. The highest BCUT2D eigenvalue weighted by molar-refractivity contribution is 9.10. The minimum atomic E-state index is -0.0921. The minimum absolute atomic E-state index is 0.0921. The molecule has 1 aromatic carbocycles. The predicted octanol–water partition coefficient (Wildman–Crippen LogP) is 4.37. The summed E-state index contributed by atoms with van der Waals surface area (Å²) >= 11 is 11.1. The van der Waals surface area contributed by atoms with Crippen LogP contribution in [0.15, 0.2) is 51.1 Å². The topological polar surface area (TPSA) is 47.8 Å². The van der Waals surface area contributed by atoms with E-state index in [1.165, 1.54) is 0 Å². The number of hydrogen-bond acceptors (Lipinski definition) is 4. The quantitative estimate of drug-likeness (QED) is 0.473. The Hall–Kier alpha value is -1.37. The van der Waals surface area contributed by atoms with Crippen molar-refractivity contribution in [3.8, 4) is 0 Å². The summed E-state index contributed by atoms with van der Waals surface area (Å²) in [6.07, 6.45) is 3.14. The van der Waals surface area contributed by atoms with Crippen molar-refractivity contribution in [2.75, 3.05) is 5.75 Å². The maximum Gasteiger partial charge on any atom is 0.261 e. The van der Waals surface area contributed by atoms with Gasteiger partial charge in [0.2, 0.25) is 0 Å². The van der Waals surface area contributed by atoms with Crippen LogP contribution in [0.25, 0.3) is 10.9 Å². The first-order valence-electron chi connectivity index (χ1n) is 7.00. The Morgan fingerprint density at radius 1 is 1.30 bits per heavy atom. The smallest absolute Gasteiger partial charge is 0.261 e. The molecule has 7 heteroatoms. The third-order valence-electron chi connectivity index (χ3n) is 3.34. The van der Waals surface area contributed by atoms with Gasteiger partial charge in [-0.1, -0.05) is 18.5 Å². The molecular weight excluding hydrogens is 398 g/mol. The summed E-state index contributed by atoms with van der Waals surface area (Å²) in [5.41, 5.74) is 1.51. The molecule has 0 unspecified atom stereocenters. The van der Waals surface area contributed by atoms with Gasteiger partial charge in [0.05, 0.1) is 30.0 Å². The second-order valence-electron chi connectivity index (χ2n) is 4.89. The zero-order valence-electron chi connectivity index (χ0n) is 12.3. The highest BCUT2D eigenvalue weighted by Gasteiger charge is 2.09. The molecule has 0 saturated heterocycles. The second kappa shape index (κ2) is 7.03. The predicted molar refractivity (Wildman–Crippen MR) is 98.5 cm³/mol. The molecule has 2 heterocycles. The lowest BCUT2D eigenvalue weighted by Gasteiger charge is -2.11. The molecule has 118 valence electrons. The highest BCUT2D eigenvalue weighted by Crippen LogP contribution is 2.26. The van der Waals surface area contributed by atoms with Crippen LogP contribution < -0.4 is 5.56 Å². The van der Waals surface area contributed by atoms with Crippen LogP contribution in [0.4, 0.5) is 0 Å². The van der Waals surface area contributed by atoms with Crippen molar-refractivity contribution in [3.63, 3.8) is 0 Å². The van der Waals surface area contributed by atoms with Crippen LogP contribution in [-0.4, -0.2) is 20.3 Å². The SMILES string of the molecule is CCSc1ccc(Cl)cc1Cn1cnc2cnc(Br)cc2c1=O. The molecule has 0 amide bonds. The molecule has 23 heavy (non-hydrogen) atoms. The lowest BCUT2D eigenvalue weighted by atomic mass is 10.2. The van der Waals surface area contributed by atoms with E-state index in [1.807, 2.05) is 18.2 Å². The summed E-state index contributed by atoms with van der Waals surface area (Å²) in [4.78, 5) is 22.2. The molecule has 0 saturated carbocycles. The first kappa shape index (κ1) is 16.5. The van der Waals surface area contributed by atoms with Crippen molar-refractivity contribution < 1.29 is 0 Å². The van der Waals surface area contributed by atoms with E-state index >= 15 is 0 Å². The number of thioether (sulfide) groups is 1. The van der Waals surface area contributed by atoms with E-state index in [9.17, 15) is 4.79 Å². The van der Waals surface area contributed by atoms with E-state index < -0.39 is 0 Å². The van der Waals surface area contributed by atoms with Gasteiger partial charge in [0.15, 0.2) is 0 Å². The van der Waals surface area contributed by atoms with Gasteiger partial charge in [-0.25, -0.2) is 9.97 Å². The van der Waals surface area contributed by atoms with Crippen molar-refractivity contribution in [1.29, 1.82) is 0 Å². The molecule has 3 aromatic rings. The number of benzene rings is 1. The number of aromatic nitrogens is 3. The van der Waals surface area contributed by atoms with Crippen LogP contribution in [0, 0.1) is 0 Å². The van der Waals surface area contributed by atoms with E-state index in [2.05, 4.69) is 32.8 Å². The molecule has 0 aliphatic carbocycles. The van der Waals surface area contributed by atoms with Crippen LogP contribution in [0.3, 0.4) is 0 Å². The Morgan fingerprint density at radius 2 is 2.13 bits per heavy atom. The summed E-state index contributed by atoms with van der Waals surface area (Å²) in [6.45, 7) is 2.53. The van der Waals surface area contributed by atoms with Gasteiger partial charge in [-0.3, -0.25) is 9.36 Å². The van der Waals surface area contributed by atoms with Gasteiger partial charge in [0.25, 0.3) is 5.56 Å². The fourth-order valence-electron chi connectivity index (χ4n) is 2.30. The van der Waals surface area contributed by atoms with Crippen molar-refractivity contribution in [3.05, 3.63) is 62.3 Å². The van der Waals surface area contributed by atoms with Crippen LogP contribution in [0.1, 0.15) is 12.5 Å². The lowest BCUT2D eigenvalue weighted by Crippen LogP contribution is -2.21. The summed E-state index contributed by atoms with van der Waals surface area (Å²) in [5, 5.41) is 1.20. The molecule has 0 aliphatic heterocycles. The van der Waals surface area contributed by atoms with Gasteiger partial charge >= 0.3 is 0 Å². The first-order valence-corrected chi connectivity index (χ1v) is 9.16. The normalized spacial score (nSPS) is 11.1. The zero-order valence-corrected chi connectivity index (χ0v) is 15.5. The molecule has 3 rings (SSSR count). The lowest BCUT2D eigenvalue weighted by molar-refractivity contribution is 0.738. The minimum Gasteiger partial charge on any atom is -0.294 e. The van der Waals surface area contributed by atoms with E-state index in [4.69, 9.17) is 11.6 Å². The maximum atomic E-state index is 12.7. The van der Waals surface area contributed by atoms with E-state index in [0.717, 1.165) is 16.2 Å². The van der Waals surface area contributed by atoms with Crippen molar-refractivity contribution in [2.24, 2.45) is 0 Å². The average Bonchev–Trinajstić information content (AvgIpc) is 2.53. The van der Waals surface area contributed by atoms with Gasteiger partial charge in [0.1, 0.15) is 4.60 Å². The molecule has 4 nitrogen and oxygen atoms in total. The summed E-state index contributed by atoms with van der Waals surface area (Å²) < 4.78 is 2.21. The second-order valence-corrected chi connectivity index (χ2v) is 7.44. The third-order valence-corrected chi connectivity index (χ3v) is 5.01. The highest BCUT2D eigenvalue weighted by atomic mass is 79.9. The molecule has 0 radical (unpaired) electrons. The van der Waals surface area contributed by atoms with Gasteiger partial charge in [-0.2, -0.15) is 0 Å². The molecule has 0 N–H and O–H groups in total. The molecule has 2 aromatic heterocycles. The number of nitrogens with zero attached hydrogens (tertiary/aromatic N) is 3. The Bertz CT molecular complexity index is 929. The Kier molecular flexibility index (Phi) is 5.04. The van der Waals surface area contributed by atoms with Crippen LogP contribution in [0.5, 0.6) is 0 Å². The van der Waals surface area contributed by atoms with Gasteiger partial charge in [0, 0.05) is 9.92 Å². The van der Waals surface area contributed by atoms with Gasteiger partial charge in [-0.05, 0) is 51.5 Å². The standard InChI is InChI=1S/C16H13BrClN3OS/c1-2-23-14-4-3-11(18)5-10(14)8-21-9-20-13-7-19-15(17)6-12(13)16(21)22/h3-7,9H,2,8H2,1H3. The molecule has 0 bridgehead atoms. The molecule has 0 atom stereocenters. The Labute approximate surface area is 151 Å². The molecular formula is C16H13BrClN3OS. The van der Waals surface area contributed by atoms with Crippen molar-refractivity contribution in [2.45, 2.75) is 18.4 Å². The molecule has 0 spiro atoms. The third kappa shape index (κ3) is 3.59. The summed E-state index contributed by atoms with van der Waals surface area (Å²) in [5.74, 6) is 0.956. The van der Waals surface area contributed by atoms with Gasteiger partial charge in [-0.15, -0.1) is 11.8 Å². The van der Waals surface area contributed by atoms with Crippen LogP contribution in [-0.2, 0) is 6.54 Å². The average molecular weight is 411 g/mol. The Morgan fingerprint density at radius 3 is 2.91 bits per heavy atom. The van der Waals surface area contributed by atoms with Gasteiger partial charge < -0.3 is 0 Å². The first-order chi connectivity index (χ1) is 11.1. The molecule has 0 aliphatic rings. The zero-order chi connectivity index (χ0) is 16.4. The van der Waals surface area contributed by atoms with E-state index in [-0.39, 0.29) is 5.56 Å². The summed E-state index contributed by atoms with van der Waals surface area (Å²) in [7, 11) is 0. The Balaban J connectivity index is 2.07. The largest absolute Gasteiger partial charge is 0.294 e.